The molecule has 0 atom stereocenters. The molecule has 4 nitrogen and oxygen atoms in total. The summed E-state index contributed by atoms with van der Waals surface area (Å²) in [6, 6.07) is 0. The second-order valence-corrected chi connectivity index (χ2v) is 5.63. The average molecular weight is 326 g/mol. The van der Waals surface area contributed by atoms with Crippen LogP contribution in [-0.4, -0.2) is 50.1 Å². The van der Waals surface area contributed by atoms with E-state index < -0.39 is 0 Å². The van der Waals surface area contributed by atoms with Gasteiger partial charge >= 0.3 is 0 Å². The fourth-order valence-electron chi connectivity index (χ4n) is 2.95. The Morgan fingerprint density at radius 3 is 2.45 bits per heavy atom. The maximum atomic E-state index is 11.7. The molecule has 2 rings (SSSR count). The zero-order valence-corrected chi connectivity index (χ0v) is 13.9. The van der Waals surface area contributed by atoms with E-state index in [4.69, 9.17) is 0 Å². The van der Waals surface area contributed by atoms with Gasteiger partial charge in [-0.1, -0.05) is 0 Å². The smallest absolute Gasteiger partial charge is 0.220 e. The minimum absolute atomic E-state index is 0. The average Bonchev–Trinajstić information content (AvgIpc) is 2.91. The van der Waals surface area contributed by atoms with Gasteiger partial charge in [0.1, 0.15) is 0 Å². The molecule has 0 saturated carbocycles. The van der Waals surface area contributed by atoms with Gasteiger partial charge in [-0.2, -0.15) is 0 Å². The fraction of sp³-hybridized carbons (Fsp3) is 0.929. The summed E-state index contributed by atoms with van der Waals surface area (Å²) in [5, 5.41) is 6.41. The maximum Gasteiger partial charge on any atom is 0.220 e. The minimum Gasteiger partial charge on any atom is -0.355 e. The Balaban J connectivity index is 0.00000180. The molecule has 20 heavy (non-hydrogen) atoms. The molecule has 2 N–H and O–H groups in total. The minimum atomic E-state index is 0. The molecular formula is C14H29Cl2N3O. The zero-order chi connectivity index (χ0) is 12.6. The lowest BCUT2D eigenvalue weighted by Crippen LogP contribution is -2.34. The van der Waals surface area contributed by atoms with Gasteiger partial charge in [0.05, 0.1) is 0 Å². The number of piperidine rings is 1. The molecule has 1 amide bonds. The number of amides is 1. The number of nitrogens with one attached hydrogen (secondary N) is 2. The first-order chi connectivity index (χ1) is 8.84. The molecule has 2 aliphatic heterocycles. The van der Waals surface area contributed by atoms with E-state index in [0.29, 0.717) is 6.42 Å². The number of carbonyl (C=O) groups excluding carboxylic acids is 1. The van der Waals surface area contributed by atoms with E-state index in [9.17, 15) is 4.79 Å². The monoisotopic (exact) mass is 325 g/mol. The van der Waals surface area contributed by atoms with Crippen LogP contribution in [0.1, 0.15) is 38.5 Å². The first-order valence-corrected chi connectivity index (χ1v) is 7.54. The summed E-state index contributed by atoms with van der Waals surface area (Å²) >= 11 is 0. The van der Waals surface area contributed by atoms with E-state index >= 15 is 0 Å². The van der Waals surface area contributed by atoms with Crippen LogP contribution in [0.5, 0.6) is 0 Å². The summed E-state index contributed by atoms with van der Waals surface area (Å²) in [5.41, 5.74) is 0. The number of rotatable bonds is 6. The van der Waals surface area contributed by atoms with Gasteiger partial charge < -0.3 is 15.5 Å². The lowest BCUT2D eigenvalue weighted by molar-refractivity contribution is -0.121. The first kappa shape index (κ1) is 20.0. The summed E-state index contributed by atoms with van der Waals surface area (Å²) < 4.78 is 0. The predicted molar refractivity (Wildman–Crippen MR) is 88.0 cm³/mol. The van der Waals surface area contributed by atoms with E-state index in [1.807, 2.05) is 0 Å². The normalized spacial score (nSPS) is 20.0. The Morgan fingerprint density at radius 2 is 1.80 bits per heavy atom. The summed E-state index contributed by atoms with van der Waals surface area (Å²) in [6.45, 7) is 6.53. The summed E-state index contributed by atoms with van der Waals surface area (Å²) in [5.74, 6) is 1.00. The maximum absolute atomic E-state index is 11.7. The highest BCUT2D eigenvalue weighted by Crippen LogP contribution is 2.17. The standard InChI is InChI=1S/C14H27N3O.2ClH/c18-14(4-3-13-5-7-15-8-6-13)16-9-12-17-10-1-2-11-17;;/h13,15H,1-12H2,(H,16,18);2*1H. The summed E-state index contributed by atoms with van der Waals surface area (Å²) in [7, 11) is 0. The third-order valence-electron chi connectivity index (χ3n) is 4.19. The molecule has 0 unspecified atom stereocenters. The molecule has 0 aromatic heterocycles. The molecule has 0 aromatic carbocycles. The van der Waals surface area contributed by atoms with Crippen LogP contribution < -0.4 is 10.6 Å². The van der Waals surface area contributed by atoms with E-state index in [2.05, 4.69) is 15.5 Å². The van der Waals surface area contributed by atoms with Crippen LogP contribution in [0, 0.1) is 5.92 Å². The number of halogens is 2. The molecule has 0 aromatic rings. The predicted octanol–water partition coefficient (Wildman–Crippen LogP) is 1.82. The van der Waals surface area contributed by atoms with Crippen LogP contribution >= 0.6 is 24.8 Å². The lowest BCUT2D eigenvalue weighted by Gasteiger charge is -2.22. The van der Waals surface area contributed by atoms with Crippen molar-refractivity contribution in [1.29, 1.82) is 0 Å². The van der Waals surface area contributed by atoms with Crippen LogP contribution in [0.4, 0.5) is 0 Å². The Bertz CT molecular complexity index is 255. The van der Waals surface area contributed by atoms with Crippen LogP contribution in [0.3, 0.4) is 0 Å². The van der Waals surface area contributed by atoms with Crippen molar-refractivity contribution in [2.75, 3.05) is 39.3 Å². The van der Waals surface area contributed by atoms with E-state index in [0.717, 1.165) is 38.5 Å². The third kappa shape index (κ3) is 7.67. The van der Waals surface area contributed by atoms with Crippen molar-refractivity contribution in [3.05, 3.63) is 0 Å². The number of likely N-dealkylation sites (tertiary alicyclic amines) is 1. The number of carbonyl (C=O) groups is 1. The molecule has 2 heterocycles. The van der Waals surface area contributed by atoms with Crippen LogP contribution in [-0.2, 0) is 4.79 Å². The van der Waals surface area contributed by atoms with Crippen LogP contribution in [0.2, 0.25) is 0 Å². The first-order valence-electron chi connectivity index (χ1n) is 7.54. The SMILES string of the molecule is Cl.Cl.O=C(CCC1CCNCC1)NCCN1CCCC1. The second-order valence-electron chi connectivity index (χ2n) is 5.63. The molecule has 120 valence electrons. The summed E-state index contributed by atoms with van der Waals surface area (Å²) in [4.78, 5) is 14.2. The molecule has 6 heteroatoms. The molecule has 0 aliphatic carbocycles. The van der Waals surface area contributed by atoms with Crippen molar-refractivity contribution < 1.29 is 4.79 Å². The molecule has 2 aliphatic rings. The van der Waals surface area contributed by atoms with E-state index in [1.165, 1.54) is 38.8 Å². The van der Waals surface area contributed by atoms with Gasteiger partial charge in [-0.3, -0.25) is 4.79 Å². The van der Waals surface area contributed by atoms with Gasteiger partial charge in [0.15, 0.2) is 0 Å². The second kappa shape index (κ2) is 11.6. The van der Waals surface area contributed by atoms with Crippen molar-refractivity contribution in [2.24, 2.45) is 5.92 Å². The van der Waals surface area contributed by atoms with E-state index in [-0.39, 0.29) is 30.7 Å². The van der Waals surface area contributed by atoms with Crippen molar-refractivity contribution in [3.8, 4) is 0 Å². The van der Waals surface area contributed by atoms with Crippen LogP contribution in [0.25, 0.3) is 0 Å². The van der Waals surface area contributed by atoms with Gasteiger partial charge in [-0.25, -0.2) is 0 Å². The Labute approximate surface area is 135 Å². The molecule has 0 spiro atoms. The van der Waals surface area contributed by atoms with Gasteiger partial charge in [-0.05, 0) is 64.2 Å². The lowest BCUT2D eigenvalue weighted by atomic mass is 9.93. The van der Waals surface area contributed by atoms with Gasteiger partial charge in [0, 0.05) is 19.5 Å². The largest absolute Gasteiger partial charge is 0.355 e. The number of hydrogen-bond donors (Lipinski definition) is 2. The van der Waals surface area contributed by atoms with Gasteiger partial charge in [-0.15, -0.1) is 24.8 Å². The van der Waals surface area contributed by atoms with Gasteiger partial charge in [0.25, 0.3) is 0 Å². The quantitative estimate of drug-likeness (QED) is 0.783. The summed E-state index contributed by atoms with van der Waals surface area (Å²) in [6.07, 6.45) is 6.90. The zero-order valence-electron chi connectivity index (χ0n) is 12.2. The van der Waals surface area contributed by atoms with Crippen molar-refractivity contribution in [2.45, 2.75) is 38.5 Å². The topological polar surface area (TPSA) is 44.4 Å². The highest BCUT2D eigenvalue weighted by Gasteiger charge is 2.15. The van der Waals surface area contributed by atoms with Crippen LogP contribution in [0.15, 0.2) is 0 Å². The molecule has 2 saturated heterocycles. The fourth-order valence-corrected chi connectivity index (χ4v) is 2.95. The van der Waals surface area contributed by atoms with Crippen molar-refractivity contribution in [1.82, 2.24) is 15.5 Å². The van der Waals surface area contributed by atoms with E-state index in [1.54, 1.807) is 0 Å². The highest BCUT2D eigenvalue weighted by atomic mass is 35.5. The van der Waals surface area contributed by atoms with Crippen molar-refractivity contribution >= 4 is 30.7 Å². The Kier molecular flexibility index (Phi) is 11.6. The molecule has 0 radical (unpaired) electrons. The molecule has 0 bridgehead atoms. The number of nitrogens with zero attached hydrogens (tertiary/aromatic N) is 1. The third-order valence-corrected chi connectivity index (χ3v) is 4.19. The Morgan fingerprint density at radius 1 is 1.15 bits per heavy atom. The number of hydrogen-bond acceptors (Lipinski definition) is 3. The Hall–Kier alpha value is -0.0300. The molecule has 2 fully saturated rings. The highest BCUT2D eigenvalue weighted by molar-refractivity contribution is 5.85. The van der Waals surface area contributed by atoms with Gasteiger partial charge in [0.2, 0.25) is 5.91 Å². The van der Waals surface area contributed by atoms with Crippen molar-refractivity contribution in [3.63, 3.8) is 0 Å². The molecular weight excluding hydrogens is 297 g/mol.